The maximum atomic E-state index is 5.63. The van der Waals surface area contributed by atoms with Gasteiger partial charge in [-0.2, -0.15) is 0 Å². The van der Waals surface area contributed by atoms with Gasteiger partial charge in [0.05, 0.1) is 32.7 Å². The van der Waals surface area contributed by atoms with Crippen LogP contribution in [0.25, 0.3) is 0 Å². The largest absolute Gasteiger partial charge is 0.493 e. The molecule has 0 saturated carbocycles. The van der Waals surface area contributed by atoms with E-state index >= 15 is 0 Å². The fraction of sp³-hybridized carbons (Fsp3) is 0.400. The highest BCUT2D eigenvalue weighted by atomic mass is 16.5. The molecule has 7 nitrogen and oxygen atoms in total. The molecule has 0 aromatic heterocycles. The minimum Gasteiger partial charge on any atom is -0.493 e. The molecule has 0 N–H and O–H groups in total. The second-order valence-electron chi connectivity index (χ2n) is 6.51. The maximum Gasteiger partial charge on any atom is 0.205 e. The molecule has 0 atom stereocenters. The summed E-state index contributed by atoms with van der Waals surface area (Å²) in [6, 6.07) is 9.93. The SMILES string of the molecule is COc1cc2c(c(OC)c1OC)N=Nc1ccccc1N2CCCN(C)C. The van der Waals surface area contributed by atoms with E-state index in [1.54, 1.807) is 21.3 Å². The fourth-order valence-electron chi connectivity index (χ4n) is 3.23. The normalized spacial score (nSPS) is 12.4. The van der Waals surface area contributed by atoms with Gasteiger partial charge in [0.15, 0.2) is 17.2 Å². The zero-order chi connectivity index (χ0) is 19.4. The van der Waals surface area contributed by atoms with E-state index in [0.29, 0.717) is 22.9 Å². The predicted molar refractivity (Wildman–Crippen MR) is 107 cm³/mol. The molecule has 0 spiro atoms. The van der Waals surface area contributed by atoms with E-state index in [1.165, 1.54) is 0 Å². The Morgan fingerprint density at radius 2 is 1.67 bits per heavy atom. The van der Waals surface area contributed by atoms with Crippen LogP contribution in [0.5, 0.6) is 17.2 Å². The van der Waals surface area contributed by atoms with Gasteiger partial charge in [0.2, 0.25) is 5.75 Å². The lowest BCUT2D eigenvalue weighted by atomic mass is 10.1. The van der Waals surface area contributed by atoms with Gasteiger partial charge >= 0.3 is 0 Å². The number of benzene rings is 2. The Kier molecular flexibility index (Phi) is 5.81. The van der Waals surface area contributed by atoms with Crippen LogP contribution < -0.4 is 19.1 Å². The van der Waals surface area contributed by atoms with Crippen LogP contribution in [-0.2, 0) is 0 Å². The van der Waals surface area contributed by atoms with Crippen LogP contribution in [0.4, 0.5) is 22.7 Å². The van der Waals surface area contributed by atoms with Crippen molar-refractivity contribution >= 4 is 22.7 Å². The molecule has 0 radical (unpaired) electrons. The lowest BCUT2D eigenvalue weighted by molar-refractivity contribution is 0.325. The zero-order valence-corrected chi connectivity index (χ0v) is 16.5. The smallest absolute Gasteiger partial charge is 0.205 e. The van der Waals surface area contributed by atoms with Crippen molar-refractivity contribution in [2.45, 2.75) is 6.42 Å². The molecule has 1 aliphatic heterocycles. The number of hydrogen-bond acceptors (Lipinski definition) is 7. The van der Waals surface area contributed by atoms with Crippen molar-refractivity contribution < 1.29 is 14.2 Å². The van der Waals surface area contributed by atoms with Gasteiger partial charge in [-0.1, -0.05) is 12.1 Å². The summed E-state index contributed by atoms with van der Waals surface area (Å²) in [6.45, 7) is 1.79. The summed E-state index contributed by atoms with van der Waals surface area (Å²) < 4.78 is 16.7. The van der Waals surface area contributed by atoms with Crippen LogP contribution in [0.2, 0.25) is 0 Å². The molecule has 0 saturated heterocycles. The third-order valence-electron chi connectivity index (χ3n) is 4.49. The summed E-state index contributed by atoms with van der Waals surface area (Å²) in [5, 5.41) is 8.95. The standard InChI is InChI=1S/C20H26N4O3/c1-23(2)11-8-12-24-15-10-7-6-9-14(15)21-22-18-16(24)13-17(25-3)19(26-4)20(18)27-5/h6-7,9-10,13H,8,11-12H2,1-5H3. The van der Waals surface area contributed by atoms with Crippen molar-refractivity contribution in [2.75, 3.05) is 53.4 Å². The summed E-state index contributed by atoms with van der Waals surface area (Å²) >= 11 is 0. The molecule has 1 aliphatic rings. The van der Waals surface area contributed by atoms with Crippen molar-refractivity contribution in [3.05, 3.63) is 30.3 Å². The summed E-state index contributed by atoms with van der Waals surface area (Å²) in [4.78, 5) is 4.40. The van der Waals surface area contributed by atoms with Crippen molar-refractivity contribution in [2.24, 2.45) is 10.2 Å². The van der Waals surface area contributed by atoms with E-state index in [0.717, 1.165) is 36.6 Å². The topological polar surface area (TPSA) is 58.9 Å². The van der Waals surface area contributed by atoms with Gasteiger partial charge in [-0.05, 0) is 39.2 Å². The van der Waals surface area contributed by atoms with E-state index in [2.05, 4.69) is 40.2 Å². The Hall–Kier alpha value is -2.80. The van der Waals surface area contributed by atoms with E-state index in [-0.39, 0.29) is 0 Å². The van der Waals surface area contributed by atoms with Gasteiger partial charge in [-0.25, -0.2) is 0 Å². The average molecular weight is 370 g/mol. The molecule has 2 aromatic rings. The Balaban J connectivity index is 2.17. The third-order valence-corrected chi connectivity index (χ3v) is 4.49. The van der Waals surface area contributed by atoms with Crippen LogP contribution in [-0.4, -0.2) is 53.4 Å². The Morgan fingerprint density at radius 3 is 2.33 bits per heavy atom. The number of rotatable bonds is 7. The summed E-state index contributed by atoms with van der Waals surface area (Å²) in [7, 11) is 8.95. The molecule has 7 heteroatoms. The van der Waals surface area contributed by atoms with Gasteiger partial charge in [0, 0.05) is 12.6 Å². The first-order valence-corrected chi connectivity index (χ1v) is 8.86. The molecule has 0 fully saturated rings. The number of fused-ring (bicyclic) bond motifs is 2. The molecule has 0 bridgehead atoms. The third kappa shape index (κ3) is 3.68. The lowest BCUT2D eigenvalue weighted by Gasteiger charge is -2.27. The van der Waals surface area contributed by atoms with Gasteiger partial charge in [0.1, 0.15) is 5.69 Å². The van der Waals surface area contributed by atoms with Crippen LogP contribution in [0.3, 0.4) is 0 Å². The number of anilines is 2. The predicted octanol–water partition coefficient (Wildman–Crippen LogP) is 4.53. The van der Waals surface area contributed by atoms with Crippen molar-refractivity contribution in [1.29, 1.82) is 0 Å². The van der Waals surface area contributed by atoms with E-state index in [4.69, 9.17) is 14.2 Å². The summed E-state index contributed by atoms with van der Waals surface area (Å²) in [5.41, 5.74) is 3.35. The molecule has 0 unspecified atom stereocenters. The minimum absolute atomic E-state index is 0.511. The fourth-order valence-corrected chi connectivity index (χ4v) is 3.23. The molecule has 1 heterocycles. The van der Waals surface area contributed by atoms with E-state index < -0.39 is 0 Å². The van der Waals surface area contributed by atoms with Gasteiger partial charge in [-0.15, -0.1) is 10.2 Å². The average Bonchev–Trinajstić information content (AvgIpc) is 2.83. The Morgan fingerprint density at radius 1 is 0.926 bits per heavy atom. The number of nitrogens with zero attached hydrogens (tertiary/aromatic N) is 4. The second-order valence-corrected chi connectivity index (χ2v) is 6.51. The first-order chi connectivity index (χ1) is 13.1. The van der Waals surface area contributed by atoms with Crippen molar-refractivity contribution in [3.8, 4) is 17.2 Å². The number of para-hydroxylation sites is 1. The van der Waals surface area contributed by atoms with Crippen LogP contribution in [0, 0.1) is 0 Å². The second kappa shape index (κ2) is 8.26. The van der Waals surface area contributed by atoms with Gasteiger partial charge < -0.3 is 24.0 Å². The summed E-state index contributed by atoms with van der Waals surface area (Å²) in [5.74, 6) is 1.62. The Bertz CT molecular complexity index is 836. The summed E-state index contributed by atoms with van der Waals surface area (Å²) in [6.07, 6.45) is 0.984. The number of azo groups is 1. The minimum atomic E-state index is 0.511. The molecular weight excluding hydrogens is 344 g/mol. The number of hydrogen-bond donors (Lipinski definition) is 0. The van der Waals surface area contributed by atoms with Crippen LogP contribution in [0.15, 0.2) is 40.6 Å². The monoisotopic (exact) mass is 370 g/mol. The highest BCUT2D eigenvalue weighted by molar-refractivity contribution is 5.88. The molecule has 3 rings (SSSR count). The quantitative estimate of drug-likeness (QED) is 0.717. The highest BCUT2D eigenvalue weighted by Crippen LogP contribution is 2.54. The van der Waals surface area contributed by atoms with Crippen LogP contribution in [0.1, 0.15) is 6.42 Å². The molecule has 144 valence electrons. The van der Waals surface area contributed by atoms with Crippen molar-refractivity contribution in [1.82, 2.24) is 4.90 Å². The van der Waals surface area contributed by atoms with E-state index in [9.17, 15) is 0 Å². The molecule has 27 heavy (non-hydrogen) atoms. The first kappa shape index (κ1) is 19.0. The molecule has 0 aliphatic carbocycles. The zero-order valence-electron chi connectivity index (χ0n) is 16.5. The van der Waals surface area contributed by atoms with E-state index in [1.807, 2.05) is 24.3 Å². The van der Waals surface area contributed by atoms with Crippen molar-refractivity contribution in [3.63, 3.8) is 0 Å². The molecule has 0 amide bonds. The molecule has 2 aromatic carbocycles. The Labute approximate surface area is 160 Å². The van der Waals surface area contributed by atoms with Gasteiger partial charge in [-0.3, -0.25) is 0 Å². The first-order valence-electron chi connectivity index (χ1n) is 8.86. The molecular formula is C20H26N4O3. The number of methoxy groups -OCH3 is 3. The van der Waals surface area contributed by atoms with Crippen LogP contribution >= 0.6 is 0 Å². The highest BCUT2D eigenvalue weighted by Gasteiger charge is 2.27. The van der Waals surface area contributed by atoms with Gasteiger partial charge in [0.25, 0.3) is 0 Å². The number of ether oxygens (including phenoxy) is 3. The maximum absolute atomic E-state index is 5.63. The lowest BCUT2D eigenvalue weighted by Crippen LogP contribution is -2.23.